The molecule has 0 saturated heterocycles. The van der Waals surface area contributed by atoms with Crippen LogP contribution in [0.25, 0.3) is 0 Å². The molecule has 0 spiro atoms. The van der Waals surface area contributed by atoms with Gasteiger partial charge in [0.05, 0.1) is 5.69 Å². The maximum Gasteiger partial charge on any atom is 0.246 e. The fourth-order valence-corrected chi connectivity index (χ4v) is 2.16. The average Bonchev–Trinajstić information content (AvgIpc) is 2.76. The SMILES string of the molecule is CC(=O)c1nnn(CC(=O)Nc2c(C)cccc2C)c1C. The van der Waals surface area contributed by atoms with Gasteiger partial charge >= 0.3 is 0 Å². The molecule has 1 aromatic heterocycles. The number of hydrogen-bond donors (Lipinski definition) is 1. The number of rotatable bonds is 4. The number of para-hydroxylation sites is 1. The van der Waals surface area contributed by atoms with E-state index in [1.54, 1.807) is 6.92 Å². The predicted molar refractivity (Wildman–Crippen MR) is 79.3 cm³/mol. The topological polar surface area (TPSA) is 76.9 Å². The highest BCUT2D eigenvalue weighted by Gasteiger charge is 2.15. The predicted octanol–water partition coefficient (Wildman–Crippen LogP) is 2.04. The van der Waals surface area contributed by atoms with Gasteiger partial charge in [0.2, 0.25) is 5.91 Å². The van der Waals surface area contributed by atoms with Gasteiger partial charge in [-0.05, 0) is 31.9 Å². The molecular weight excluding hydrogens is 268 g/mol. The van der Waals surface area contributed by atoms with Gasteiger partial charge in [0.1, 0.15) is 6.54 Å². The molecule has 0 radical (unpaired) electrons. The second-order valence-electron chi connectivity index (χ2n) is 5.05. The number of carbonyl (C=O) groups is 2. The van der Waals surface area contributed by atoms with Crippen molar-refractivity contribution in [2.75, 3.05) is 5.32 Å². The molecule has 110 valence electrons. The summed E-state index contributed by atoms with van der Waals surface area (Å²) in [7, 11) is 0. The van der Waals surface area contributed by atoms with Crippen LogP contribution in [0.1, 0.15) is 34.2 Å². The van der Waals surface area contributed by atoms with Gasteiger partial charge < -0.3 is 5.32 Å². The van der Waals surface area contributed by atoms with Crippen molar-refractivity contribution in [1.82, 2.24) is 15.0 Å². The smallest absolute Gasteiger partial charge is 0.246 e. The Hall–Kier alpha value is -2.50. The molecule has 1 aromatic carbocycles. The normalized spacial score (nSPS) is 10.5. The lowest BCUT2D eigenvalue weighted by Gasteiger charge is -2.11. The lowest BCUT2D eigenvalue weighted by Crippen LogP contribution is -2.21. The first-order valence-electron chi connectivity index (χ1n) is 6.67. The summed E-state index contributed by atoms with van der Waals surface area (Å²) in [5.74, 6) is -0.357. The molecule has 0 atom stereocenters. The van der Waals surface area contributed by atoms with Crippen molar-refractivity contribution < 1.29 is 9.59 Å². The quantitative estimate of drug-likeness (QED) is 0.873. The first kappa shape index (κ1) is 14.9. The third-order valence-electron chi connectivity index (χ3n) is 3.35. The maximum absolute atomic E-state index is 12.1. The van der Waals surface area contributed by atoms with Crippen molar-refractivity contribution in [3.05, 3.63) is 40.7 Å². The van der Waals surface area contributed by atoms with Crippen LogP contribution in [0.2, 0.25) is 0 Å². The number of nitrogens with one attached hydrogen (secondary N) is 1. The number of hydrogen-bond acceptors (Lipinski definition) is 4. The van der Waals surface area contributed by atoms with Gasteiger partial charge in [-0.2, -0.15) is 0 Å². The second kappa shape index (κ2) is 5.87. The molecule has 2 aromatic rings. The number of ketones is 1. The van der Waals surface area contributed by atoms with Gasteiger partial charge in [0.25, 0.3) is 0 Å². The highest BCUT2D eigenvalue weighted by Crippen LogP contribution is 2.19. The molecule has 0 bridgehead atoms. The molecule has 1 N–H and O–H groups in total. The van der Waals surface area contributed by atoms with Crippen molar-refractivity contribution in [2.45, 2.75) is 34.2 Å². The van der Waals surface area contributed by atoms with Crippen molar-refractivity contribution in [3.63, 3.8) is 0 Å². The first-order chi connectivity index (χ1) is 9.90. The summed E-state index contributed by atoms with van der Waals surface area (Å²) in [4.78, 5) is 23.5. The molecule has 0 saturated carbocycles. The molecule has 0 aliphatic carbocycles. The molecule has 0 unspecified atom stereocenters. The van der Waals surface area contributed by atoms with Crippen molar-refractivity contribution in [1.29, 1.82) is 0 Å². The minimum Gasteiger partial charge on any atom is -0.324 e. The Morgan fingerprint density at radius 3 is 2.33 bits per heavy atom. The number of anilines is 1. The van der Waals surface area contributed by atoms with E-state index in [1.807, 2.05) is 32.0 Å². The van der Waals surface area contributed by atoms with Gasteiger partial charge in [0.15, 0.2) is 11.5 Å². The van der Waals surface area contributed by atoms with Gasteiger partial charge in [-0.25, -0.2) is 4.68 Å². The second-order valence-corrected chi connectivity index (χ2v) is 5.05. The Labute approximate surface area is 123 Å². The van der Waals surface area contributed by atoms with E-state index in [4.69, 9.17) is 0 Å². The number of amides is 1. The van der Waals surface area contributed by atoms with E-state index in [0.717, 1.165) is 16.8 Å². The van der Waals surface area contributed by atoms with Crippen LogP contribution in [0.4, 0.5) is 5.69 Å². The monoisotopic (exact) mass is 286 g/mol. The molecule has 6 heteroatoms. The van der Waals surface area contributed by atoms with Crippen molar-refractivity contribution in [2.24, 2.45) is 0 Å². The average molecular weight is 286 g/mol. The number of nitrogens with zero attached hydrogens (tertiary/aromatic N) is 3. The summed E-state index contributed by atoms with van der Waals surface area (Å²) in [5.41, 5.74) is 3.72. The fourth-order valence-electron chi connectivity index (χ4n) is 2.16. The van der Waals surface area contributed by atoms with E-state index in [2.05, 4.69) is 15.6 Å². The summed E-state index contributed by atoms with van der Waals surface area (Å²) < 4.78 is 1.43. The Bertz CT molecular complexity index is 683. The third kappa shape index (κ3) is 3.16. The minimum absolute atomic E-state index is 0.0277. The number of benzene rings is 1. The zero-order valence-corrected chi connectivity index (χ0v) is 12.6. The van der Waals surface area contributed by atoms with E-state index in [9.17, 15) is 9.59 Å². The van der Waals surface area contributed by atoms with Gasteiger partial charge in [-0.1, -0.05) is 23.4 Å². The largest absolute Gasteiger partial charge is 0.324 e. The third-order valence-corrected chi connectivity index (χ3v) is 3.35. The zero-order valence-electron chi connectivity index (χ0n) is 12.6. The molecule has 1 heterocycles. The first-order valence-corrected chi connectivity index (χ1v) is 6.67. The van der Waals surface area contributed by atoms with Crippen molar-refractivity contribution >= 4 is 17.4 Å². The van der Waals surface area contributed by atoms with E-state index >= 15 is 0 Å². The van der Waals surface area contributed by atoms with Gasteiger partial charge in [0, 0.05) is 12.6 Å². The van der Waals surface area contributed by atoms with E-state index in [0.29, 0.717) is 11.4 Å². The van der Waals surface area contributed by atoms with Crippen LogP contribution in [0.15, 0.2) is 18.2 Å². The van der Waals surface area contributed by atoms with Crippen LogP contribution in [-0.2, 0) is 11.3 Å². The molecular formula is C15H18N4O2. The lowest BCUT2D eigenvalue weighted by molar-refractivity contribution is -0.117. The summed E-state index contributed by atoms with van der Waals surface area (Å²) in [6, 6.07) is 5.83. The summed E-state index contributed by atoms with van der Waals surface area (Å²) >= 11 is 0. The minimum atomic E-state index is -0.199. The molecule has 2 rings (SSSR count). The van der Waals surface area contributed by atoms with Crippen LogP contribution >= 0.6 is 0 Å². The number of Topliss-reactive ketones (excluding diaryl/α,β-unsaturated/α-hetero) is 1. The van der Waals surface area contributed by atoms with Gasteiger partial charge in [-0.3, -0.25) is 9.59 Å². The summed E-state index contributed by atoms with van der Waals surface area (Å²) in [6.07, 6.45) is 0. The van der Waals surface area contributed by atoms with Gasteiger partial charge in [-0.15, -0.1) is 5.10 Å². The molecule has 0 aliphatic heterocycles. The summed E-state index contributed by atoms with van der Waals surface area (Å²) in [6.45, 7) is 7.06. The molecule has 0 aliphatic rings. The van der Waals surface area contributed by atoms with Crippen LogP contribution in [0, 0.1) is 20.8 Å². The molecule has 21 heavy (non-hydrogen) atoms. The number of carbonyl (C=O) groups excluding carboxylic acids is 2. The Kier molecular flexibility index (Phi) is 4.16. The highest BCUT2D eigenvalue weighted by atomic mass is 16.2. The van der Waals surface area contributed by atoms with Crippen molar-refractivity contribution in [3.8, 4) is 0 Å². The standard InChI is InChI=1S/C15H18N4O2/c1-9-6-5-7-10(2)14(9)16-13(21)8-19-11(3)15(12(4)20)17-18-19/h5-7H,8H2,1-4H3,(H,16,21). The Balaban J connectivity index is 2.14. The Morgan fingerprint density at radius 1 is 1.19 bits per heavy atom. The maximum atomic E-state index is 12.1. The Morgan fingerprint density at radius 2 is 1.81 bits per heavy atom. The highest BCUT2D eigenvalue weighted by molar-refractivity contribution is 5.94. The van der Waals surface area contributed by atoms with E-state index in [-0.39, 0.29) is 18.2 Å². The fraction of sp³-hybridized carbons (Fsp3) is 0.333. The number of aromatic nitrogens is 3. The zero-order chi connectivity index (χ0) is 15.6. The number of aryl methyl sites for hydroxylation is 2. The van der Waals surface area contributed by atoms with E-state index < -0.39 is 0 Å². The lowest BCUT2D eigenvalue weighted by atomic mass is 10.1. The van der Waals surface area contributed by atoms with E-state index in [1.165, 1.54) is 11.6 Å². The molecule has 1 amide bonds. The van der Waals surface area contributed by atoms with Crippen LogP contribution in [0.5, 0.6) is 0 Å². The van der Waals surface area contributed by atoms with Crippen LogP contribution in [0.3, 0.4) is 0 Å². The summed E-state index contributed by atoms with van der Waals surface area (Å²) in [5, 5.41) is 10.5. The molecule has 0 fully saturated rings. The molecule has 6 nitrogen and oxygen atoms in total. The van der Waals surface area contributed by atoms with Crippen LogP contribution < -0.4 is 5.32 Å². The van der Waals surface area contributed by atoms with Crippen LogP contribution in [-0.4, -0.2) is 26.7 Å².